The number of hydrogen-bond donors (Lipinski definition) is 1. The summed E-state index contributed by atoms with van der Waals surface area (Å²) in [6, 6.07) is 0. The molecular formula is C14H26N2. The van der Waals surface area contributed by atoms with E-state index in [9.17, 15) is 0 Å². The third-order valence-electron chi connectivity index (χ3n) is 5.44. The second-order valence-corrected chi connectivity index (χ2v) is 6.49. The van der Waals surface area contributed by atoms with E-state index in [-0.39, 0.29) is 0 Å². The maximum atomic E-state index is 3.93. The monoisotopic (exact) mass is 222 g/mol. The molecule has 3 rings (SSSR count). The Balaban J connectivity index is 1.76. The van der Waals surface area contributed by atoms with E-state index in [1.807, 2.05) is 0 Å². The number of likely N-dealkylation sites (N-methyl/N-ethyl adjacent to an activating group) is 1. The largest absolute Gasteiger partial charge is 0.308 e. The third kappa shape index (κ3) is 1.62. The van der Waals surface area contributed by atoms with Gasteiger partial charge in [0.15, 0.2) is 0 Å². The van der Waals surface area contributed by atoms with Crippen molar-refractivity contribution in [3.05, 3.63) is 0 Å². The summed E-state index contributed by atoms with van der Waals surface area (Å²) in [5, 5.41) is 3.93. The number of nitrogens with zero attached hydrogens (tertiary/aromatic N) is 1. The minimum Gasteiger partial charge on any atom is -0.308 e. The molecule has 16 heavy (non-hydrogen) atoms. The minimum atomic E-state index is 0.461. The van der Waals surface area contributed by atoms with Crippen LogP contribution in [0.5, 0.6) is 0 Å². The first kappa shape index (κ1) is 11.0. The van der Waals surface area contributed by atoms with Gasteiger partial charge in [-0.1, -0.05) is 19.8 Å². The van der Waals surface area contributed by atoms with Gasteiger partial charge in [-0.2, -0.15) is 0 Å². The number of piperazine rings is 1. The van der Waals surface area contributed by atoms with Crippen LogP contribution in [0.1, 0.15) is 52.4 Å². The van der Waals surface area contributed by atoms with E-state index in [0.29, 0.717) is 11.1 Å². The Bertz CT molecular complexity index is 266. The average Bonchev–Trinajstić information content (AvgIpc) is 3.06. The second-order valence-electron chi connectivity index (χ2n) is 6.49. The van der Waals surface area contributed by atoms with E-state index in [4.69, 9.17) is 0 Å². The summed E-state index contributed by atoms with van der Waals surface area (Å²) in [4.78, 5) is 2.78. The Morgan fingerprint density at radius 3 is 2.50 bits per heavy atom. The Morgan fingerprint density at radius 1 is 1.25 bits per heavy atom. The molecule has 0 amide bonds. The molecule has 3 fully saturated rings. The standard InChI is InChI=1S/C14H26N2/c1-3-16-11-14(8-4-5-9-14)15-10-13(16,2)12-6-7-12/h12,15H,3-11H2,1-2H3. The summed E-state index contributed by atoms with van der Waals surface area (Å²) in [6.07, 6.45) is 8.60. The van der Waals surface area contributed by atoms with Gasteiger partial charge in [-0.15, -0.1) is 0 Å². The average molecular weight is 222 g/mol. The summed E-state index contributed by atoms with van der Waals surface area (Å²) in [7, 11) is 0. The lowest BCUT2D eigenvalue weighted by Gasteiger charge is -2.52. The molecule has 2 aliphatic carbocycles. The highest BCUT2D eigenvalue weighted by Gasteiger charge is 2.51. The zero-order chi connectivity index (χ0) is 11.2. The van der Waals surface area contributed by atoms with E-state index < -0.39 is 0 Å². The van der Waals surface area contributed by atoms with Crippen LogP contribution in [0.3, 0.4) is 0 Å². The number of rotatable bonds is 2. The molecular weight excluding hydrogens is 196 g/mol. The molecule has 2 saturated carbocycles. The fourth-order valence-corrected chi connectivity index (χ4v) is 4.05. The molecule has 0 aromatic rings. The Hall–Kier alpha value is -0.0800. The molecule has 2 nitrogen and oxygen atoms in total. The molecule has 1 spiro atoms. The molecule has 2 heteroatoms. The van der Waals surface area contributed by atoms with Gasteiger partial charge in [0.2, 0.25) is 0 Å². The van der Waals surface area contributed by atoms with Crippen molar-refractivity contribution in [3.63, 3.8) is 0 Å². The normalized spacial score (nSPS) is 39.4. The molecule has 0 radical (unpaired) electrons. The lowest BCUT2D eigenvalue weighted by molar-refractivity contribution is 0.00684. The molecule has 1 N–H and O–H groups in total. The van der Waals surface area contributed by atoms with Crippen molar-refractivity contribution >= 4 is 0 Å². The lowest BCUT2D eigenvalue weighted by atomic mass is 9.83. The summed E-state index contributed by atoms with van der Waals surface area (Å²) >= 11 is 0. The fourth-order valence-electron chi connectivity index (χ4n) is 4.05. The predicted molar refractivity (Wildman–Crippen MR) is 67.6 cm³/mol. The maximum absolute atomic E-state index is 3.93. The number of hydrogen-bond acceptors (Lipinski definition) is 2. The van der Waals surface area contributed by atoms with E-state index in [0.717, 1.165) is 5.92 Å². The molecule has 0 aromatic heterocycles. The maximum Gasteiger partial charge on any atom is 0.0334 e. The van der Waals surface area contributed by atoms with Crippen molar-refractivity contribution in [2.45, 2.75) is 63.5 Å². The molecule has 1 atom stereocenters. The van der Waals surface area contributed by atoms with Gasteiger partial charge in [-0.3, -0.25) is 4.90 Å². The predicted octanol–water partition coefficient (Wildman–Crippen LogP) is 2.39. The van der Waals surface area contributed by atoms with Crippen LogP contribution in [0.15, 0.2) is 0 Å². The summed E-state index contributed by atoms with van der Waals surface area (Å²) < 4.78 is 0. The highest BCUT2D eigenvalue weighted by atomic mass is 15.3. The van der Waals surface area contributed by atoms with Crippen molar-refractivity contribution < 1.29 is 0 Å². The highest BCUT2D eigenvalue weighted by Crippen LogP contribution is 2.46. The molecule has 1 aliphatic heterocycles. The Morgan fingerprint density at radius 2 is 1.94 bits per heavy atom. The topological polar surface area (TPSA) is 15.3 Å². The SMILES string of the molecule is CCN1CC2(CCCC2)NCC1(C)C1CC1. The first-order chi connectivity index (χ1) is 7.69. The first-order valence-electron chi connectivity index (χ1n) is 7.19. The molecule has 0 aromatic carbocycles. The van der Waals surface area contributed by atoms with E-state index in [1.54, 1.807) is 0 Å². The van der Waals surface area contributed by atoms with Gasteiger partial charge < -0.3 is 5.32 Å². The van der Waals surface area contributed by atoms with Gasteiger partial charge in [0.1, 0.15) is 0 Å². The summed E-state index contributed by atoms with van der Waals surface area (Å²) in [6.45, 7) is 8.59. The van der Waals surface area contributed by atoms with E-state index in [2.05, 4.69) is 24.1 Å². The second kappa shape index (κ2) is 3.71. The van der Waals surface area contributed by atoms with Gasteiger partial charge in [0.25, 0.3) is 0 Å². The summed E-state index contributed by atoms with van der Waals surface area (Å²) in [5.74, 6) is 0.971. The van der Waals surface area contributed by atoms with Crippen LogP contribution < -0.4 is 5.32 Å². The van der Waals surface area contributed by atoms with Gasteiger partial charge in [-0.25, -0.2) is 0 Å². The van der Waals surface area contributed by atoms with Crippen molar-refractivity contribution in [2.24, 2.45) is 5.92 Å². The molecule has 1 saturated heterocycles. The number of nitrogens with one attached hydrogen (secondary N) is 1. The van der Waals surface area contributed by atoms with E-state index >= 15 is 0 Å². The van der Waals surface area contributed by atoms with Crippen molar-refractivity contribution in [2.75, 3.05) is 19.6 Å². The lowest BCUT2D eigenvalue weighted by Crippen LogP contribution is -2.69. The zero-order valence-electron chi connectivity index (χ0n) is 10.9. The van der Waals surface area contributed by atoms with Crippen molar-refractivity contribution in [3.8, 4) is 0 Å². The van der Waals surface area contributed by atoms with Crippen LogP contribution >= 0.6 is 0 Å². The Labute approximate surface area is 99.8 Å². The molecule has 1 heterocycles. The van der Waals surface area contributed by atoms with E-state index in [1.165, 1.54) is 58.2 Å². The minimum absolute atomic E-state index is 0.461. The zero-order valence-corrected chi connectivity index (χ0v) is 10.9. The van der Waals surface area contributed by atoms with Crippen LogP contribution in [0.4, 0.5) is 0 Å². The smallest absolute Gasteiger partial charge is 0.0334 e. The molecule has 3 aliphatic rings. The molecule has 0 bridgehead atoms. The third-order valence-corrected chi connectivity index (χ3v) is 5.44. The van der Waals surface area contributed by atoms with Gasteiger partial charge in [0, 0.05) is 24.2 Å². The fraction of sp³-hybridized carbons (Fsp3) is 1.00. The Kier molecular flexibility index (Phi) is 2.56. The van der Waals surface area contributed by atoms with Crippen LogP contribution in [-0.2, 0) is 0 Å². The van der Waals surface area contributed by atoms with Gasteiger partial charge >= 0.3 is 0 Å². The van der Waals surface area contributed by atoms with Crippen molar-refractivity contribution in [1.29, 1.82) is 0 Å². The first-order valence-corrected chi connectivity index (χ1v) is 7.19. The summed E-state index contributed by atoms with van der Waals surface area (Å²) in [5.41, 5.74) is 0.951. The van der Waals surface area contributed by atoms with Crippen LogP contribution in [0, 0.1) is 5.92 Å². The molecule has 1 unspecified atom stereocenters. The molecule has 92 valence electrons. The van der Waals surface area contributed by atoms with Crippen molar-refractivity contribution in [1.82, 2.24) is 10.2 Å². The quantitative estimate of drug-likeness (QED) is 0.772. The van der Waals surface area contributed by atoms with Gasteiger partial charge in [-0.05, 0) is 45.1 Å². The van der Waals surface area contributed by atoms with Crippen LogP contribution in [0.25, 0.3) is 0 Å². The van der Waals surface area contributed by atoms with Gasteiger partial charge in [0.05, 0.1) is 0 Å². The van der Waals surface area contributed by atoms with Crippen LogP contribution in [0.2, 0.25) is 0 Å². The highest BCUT2D eigenvalue weighted by molar-refractivity contribution is 5.09. The van der Waals surface area contributed by atoms with Crippen LogP contribution in [-0.4, -0.2) is 35.6 Å².